The molecule has 0 aliphatic heterocycles. The number of hydrogen-bond acceptors (Lipinski definition) is 3. The van der Waals surface area contributed by atoms with Crippen LogP contribution in [-0.2, 0) is 6.54 Å². The zero-order valence-electron chi connectivity index (χ0n) is 11.3. The van der Waals surface area contributed by atoms with Crippen molar-refractivity contribution >= 4 is 29.0 Å². The van der Waals surface area contributed by atoms with Crippen LogP contribution in [0.1, 0.15) is 24.5 Å². The molecule has 4 heteroatoms. The van der Waals surface area contributed by atoms with E-state index in [2.05, 4.69) is 31.2 Å². The zero-order chi connectivity index (χ0) is 13.5. The molecular formula is C14H22N2S2. The van der Waals surface area contributed by atoms with Crippen LogP contribution in [0.2, 0.25) is 0 Å². The van der Waals surface area contributed by atoms with Crippen LogP contribution < -0.4 is 5.73 Å². The molecule has 0 saturated carbocycles. The largest absolute Gasteiger partial charge is 0.389 e. The minimum Gasteiger partial charge on any atom is -0.389 e. The van der Waals surface area contributed by atoms with Crippen molar-refractivity contribution in [3.8, 4) is 0 Å². The summed E-state index contributed by atoms with van der Waals surface area (Å²) in [5.41, 5.74) is 7.96. The van der Waals surface area contributed by atoms with E-state index in [1.165, 1.54) is 17.7 Å². The maximum Gasteiger partial charge on any atom is 0.104 e. The number of thiocarbonyl (C=S) groups is 1. The molecule has 1 aromatic carbocycles. The Morgan fingerprint density at radius 2 is 2.11 bits per heavy atom. The molecule has 0 radical (unpaired) electrons. The fourth-order valence-electron chi connectivity index (χ4n) is 1.83. The van der Waals surface area contributed by atoms with Crippen LogP contribution in [0.5, 0.6) is 0 Å². The molecule has 0 bridgehead atoms. The average Bonchev–Trinajstić information content (AvgIpc) is 2.36. The lowest BCUT2D eigenvalue weighted by atomic mass is 10.1. The van der Waals surface area contributed by atoms with Crippen molar-refractivity contribution in [2.24, 2.45) is 5.73 Å². The summed E-state index contributed by atoms with van der Waals surface area (Å²) in [5.74, 6) is 1.20. The smallest absolute Gasteiger partial charge is 0.104 e. The van der Waals surface area contributed by atoms with Gasteiger partial charge in [0.1, 0.15) is 4.99 Å². The van der Waals surface area contributed by atoms with Gasteiger partial charge in [-0.1, -0.05) is 36.5 Å². The van der Waals surface area contributed by atoms with Gasteiger partial charge in [0.2, 0.25) is 0 Å². The molecule has 0 spiro atoms. The lowest BCUT2D eigenvalue weighted by Gasteiger charge is -2.25. The van der Waals surface area contributed by atoms with Gasteiger partial charge in [-0.05, 0) is 38.0 Å². The molecule has 1 aromatic rings. The summed E-state index contributed by atoms with van der Waals surface area (Å²) < 4.78 is 0. The van der Waals surface area contributed by atoms with Crippen molar-refractivity contribution in [1.82, 2.24) is 4.90 Å². The quantitative estimate of drug-likeness (QED) is 0.779. The first kappa shape index (κ1) is 15.5. The van der Waals surface area contributed by atoms with Gasteiger partial charge in [0.15, 0.2) is 0 Å². The molecule has 0 amide bonds. The van der Waals surface area contributed by atoms with Gasteiger partial charge in [-0.3, -0.25) is 4.90 Å². The minimum absolute atomic E-state index is 0.482. The number of nitrogens with zero attached hydrogens (tertiary/aromatic N) is 1. The van der Waals surface area contributed by atoms with Crippen LogP contribution in [0.15, 0.2) is 24.3 Å². The SMILES string of the molecule is CSCCC(C)N(C)Cc1ccccc1C(N)=S. The van der Waals surface area contributed by atoms with Crippen molar-refractivity contribution in [1.29, 1.82) is 0 Å². The first-order chi connectivity index (χ1) is 8.56. The summed E-state index contributed by atoms with van der Waals surface area (Å²) in [4.78, 5) is 2.84. The Morgan fingerprint density at radius 3 is 2.72 bits per heavy atom. The Bertz CT molecular complexity index is 393. The molecule has 18 heavy (non-hydrogen) atoms. The van der Waals surface area contributed by atoms with Gasteiger partial charge in [-0.15, -0.1) is 0 Å². The van der Waals surface area contributed by atoms with E-state index in [1.54, 1.807) is 0 Å². The fraction of sp³-hybridized carbons (Fsp3) is 0.500. The predicted octanol–water partition coefficient (Wildman–Crippen LogP) is 2.89. The third-order valence-electron chi connectivity index (χ3n) is 3.19. The molecule has 1 rings (SSSR count). The lowest BCUT2D eigenvalue weighted by Crippen LogP contribution is -2.30. The van der Waals surface area contributed by atoms with E-state index in [9.17, 15) is 0 Å². The number of rotatable bonds is 7. The van der Waals surface area contributed by atoms with Gasteiger partial charge in [0.05, 0.1) is 0 Å². The molecule has 0 heterocycles. The Morgan fingerprint density at radius 1 is 1.44 bits per heavy atom. The Hall–Kier alpha value is -0.580. The molecule has 2 N–H and O–H groups in total. The van der Waals surface area contributed by atoms with Gasteiger partial charge >= 0.3 is 0 Å². The minimum atomic E-state index is 0.482. The third kappa shape index (κ3) is 4.59. The standard InChI is InChI=1S/C14H22N2S2/c1-11(8-9-18-3)16(2)10-12-6-4-5-7-13(12)14(15)17/h4-7,11H,8-10H2,1-3H3,(H2,15,17). The van der Waals surface area contributed by atoms with Crippen molar-refractivity contribution < 1.29 is 0 Å². The van der Waals surface area contributed by atoms with Crippen LogP contribution in [-0.4, -0.2) is 35.0 Å². The van der Waals surface area contributed by atoms with Crippen LogP contribution in [0.3, 0.4) is 0 Å². The molecule has 0 aliphatic carbocycles. The van der Waals surface area contributed by atoms with Crippen molar-refractivity contribution in [3.05, 3.63) is 35.4 Å². The van der Waals surface area contributed by atoms with E-state index in [-0.39, 0.29) is 0 Å². The summed E-state index contributed by atoms with van der Waals surface area (Å²) >= 11 is 6.99. The molecule has 0 aliphatic rings. The Labute approximate surface area is 120 Å². The van der Waals surface area contributed by atoms with E-state index in [0.29, 0.717) is 11.0 Å². The zero-order valence-corrected chi connectivity index (χ0v) is 13.0. The van der Waals surface area contributed by atoms with Crippen LogP contribution in [0.4, 0.5) is 0 Å². The summed E-state index contributed by atoms with van der Waals surface area (Å²) in [6.07, 6.45) is 3.35. The highest BCUT2D eigenvalue weighted by Gasteiger charge is 2.12. The first-order valence-corrected chi connectivity index (χ1v) is 7.93. The summed E-state index contributed by atoms with van der Waals surface area (Å²) in [6, 6.07) is 8.69. The van der Waals surface area contributed by atoms with E-state index >= 15 is 0 Å². The van der Waals surface area contributed by atoms with Gasteiger partial charge < -0.3 is 5.73 Å². The summed E-state index contributed by atoms with van der Waals surface area (Å²) in [7, 11) is 2.15. The van der Waals surface area contributed by atoms with E-state index in [1.807, 2.05) is 30.0 Å². The highest BCUT2D eigenvalue weighted by molar-refractivity contribution is 7.98. The molecule has 2 nitrogen and oxygen atoms in total. The lowest BCUT2D eigenvalue weighted by molar-refractivity contribution is 0.245. The van der Waals surface area contributed by atoms with Crippen LogP contribution in [0.25, 0.3) is 0 Å². The number of benzene rings is 1. The van der Waals surface area contributed by atoms with E-state index < -0.39 is 0 Å². The van der Waals surface area contributed by atoms with E-state index in [4.69, 9.17) is 18.0 Å². The normalized spacial score (nSPS) is 12.7. The second-order valence-corrected chi connectivity index (χ2v) is 5.99. The van der Waals surface area contributed by atoms with Crippen molar-refractivity contribution in [2.75, 3.05) is 19.1 Å². The molecule has 1 atom stereocenters. The van der Waals surface area contributed by atoms with Gasteiger partial charge in [0.25, 0.3) is 0 Å². The molecular weight excluding hydrogens is 260 g/mol. The molecule has 0 saturated heterocycles. The molecule has 0 aromatic heterocycles. The number of nitrogens with two attached hydrogens (primary N) is 1. The Kier molecular flexibility index (Phi) is 6.68. The summed E-state index contributed by atoms with van der Waals surface area (Å²) in [6.45, 7) is 3.16. The van der Waals surface area contributed by atoms with Gasteiger partial charge in [-0.25, -0.2) is 0 Å². The molecule has 0 fully saturated rings. The maximum atomic E-state index is 5.76. The Balaban J connectivity index is 2.69. The summed E-state index contributed by atoms with van der Waals surface area (Å²) in [5, 5.41) is 0. The maximum absolute atomic E-state index is 5.76. The third-order valence-corrected chi connectivity index (χ3v) is 4.06. The highest BCUT2D eigenvalue weighted by Crippen LogP contribution is 2.14. The van der Waals surface area contributed by atoms with Gasteiger partial charge in [0, 0.05) is 18.2 Å². The topological polar surface area (TPSA) is 29.3 Å². The first-order valence-electron chi connectivity index (χ1n) is 6.13. The average molecular weight is 282 g/mol. The second kappa shape index (κ2) is 7.77. The van der Waals surface area contributed by atoms with Crippen LogP contribution in [0, 0.1) is 0 Å². The highest BCUT2D eigenvalue weighted by atomic mass is 32.2. The van der Waals surface area contributed by atoms with Crippen LogP contribution >= 0.6 is 24.0 Å². The van der Waals surface area contributed by atoms with Crippen molar-refractivity contribution in [3.63, 3.8) is 0 Å². The van der Waals surface area contributed by atoms with Crippen molar-refractivity contribution in [2.45, 2.75) is 25.9 Å². The van der Waals surface area contributed by atoms with E-state index in [0.717, 1.165) is 12.1 Å². The molecule has 100 valence electrons. The monoisotopic (exact) mass is 282 g/mol. The number of thioether (sulfide) groups is 1. The predicted molar refractivity (Wildman–Crippen MR) is 86.3 cm³/mol. The number of hydrogen-bond donors (Lipinski definition) is 1. The fourth-order valence-corrected chi connectivity index (χ4v) is 2.61. The second-order valence-electron chi connectivity index (χ2n) is 4.57. The molecule has 1 unspecified atom stereocenters. The van der Waals surface area contributed by atoms with Gasteiger partial charge in [-0.2, -0.15) is 11.8 Å².